The van der Waals surface area contributed by atoms with E-state index >= 15 is 0 Å². The molecule has 0 unspecified atom stereocenters. The first-order valence-corrected chi connectivity index (χ1v) is 10.6. The number of hydrogen-bond acceptors (Lipinski definition) is 6. The number of sulfonamides is 1. The van der Waals surface area contributed by atoms with Gasteiger partial charge in [-0.2, -0.15) is 0 Å². The molecule has 2 rings (SSSR count). The summed E-state index contributed by atoms with van der Waals surface area (Å²) in [5.74, 6) is 1.35. The minimum atomic E-state index is -3.83. The third kappa shape index (κ3) is 7.06. The Morgan fingerprint density at radius 2 is 2.14 bits per heavy atom. The smallest absolute Gasteiger partial charge is 0.270 e. The highest BCUT2D eigenvalue weighted by atomic mass is 32.2. The zero-order valence-electron chi connectivity index (χ0n) is 16.1. The first kappa shape index (κ1) is 22.1. The van der Waals surface area contributed by atoms with E-state index in [1.807, 2.05) is 11.9 Å². The van der Waals surface area contributed by atoms with Crippen LogP contribution in [0.25, 0.3) is 0 Å². The molecule has 156 valence electrons. The fraction of sp³-hybridized carbons (Fsp3) is 0.588. The molecule has 0 spiro atoms. The molecule has 0 aromatic heterocycles. The summed E-state index contributed by atoms with van der Waals surface area (Å²) in [4.78, 5) is 16.1. The van der Waals surface area contributed by atoms with Gasteiger partial charge in [0.2, 0.25) is 10.0 Å². The first-order chi connectivity index (χ1) is 13.3. The highest BCUT2D eigenvalue weighted by Gasteiger charge is 2.21. The number of hydrogen-bond donors (Lipinski definition) is 2. The van der Waals surface area contributed by atoms with Crippen LogP contribution in [0, 0.1) is 16.0 Å². The van der Waals surface area contributed by atoms with Crippen LogP contribution in [0.4, 0.5) is 5.69 Å². The van der Waals surface area contributed by atoms with Crippen molar-refractivity contribution in [1.82, 2.24) is 14.9 Å². The van der Waals surface area contributed by atoms with E-state index in [2.05, 4.69) is 15.0 Å². The van der Waals surface area contributed by atoms with Crippen molar-refractivity contribution in [2.75, 3.05) is 46.9 Å². The number of guanidine groups is 1. The van der Waals surface area contributed by atoms with Crippen LogP contribution in [-0.4, -0.2) is 71.1 Å². The van der Waals surface area contributed by atoms with Crippen molar-refractivity contribution in [3.05, 3.63) is 34.4 Å². The van der Waals surface area contributed by atoms with E-state index in [4.69, 9.17) is 4.74 Å². The van der Waals surface area contributed by atoms with Gasteiger partial charge in [-0.05, 0) is 24.8 Å². The molecule has 0 heterocycles. The average Bonchev–Trinajstić information content (AvgIpc) is 3.49. The number of nitro benzene ring substituents is 1. The highest BCUT2D eigenvalue weighted by Crippen LogP contribution is 2.28. The minimum absolute atomic E-state index is 0.107. The largest absolute Gasteiger partial charge is 0.379 e. The van der Waals surface area contributed by atoms with Crippen LogP contribution in [-0.2, 0) is 14.8 Å². The maximum Gasteiger partial charge on any atom is 0.270 e. The highest BCUT2D eigenvalue weighted by molar-refractivity contribution is 7.89. The summed E-state index contributed by atoms with van der Waals surface area (Å²) in [5.41, 5.74) is -0.271. The molecule has 1 fully saturated rings. The maximum atomic E-state index is 12.3. The average molecular weight is 414 g/mol. The van der Waals surface area contributed by atoms with Gasteiger partial charge in [-0.1, -0.05) is 6.07 Å². The molecule has 28 heavy (non-hydrogen) atoms. The van der Waals surface area contributed by atoms with E-state index < -0.39 is 14.9 Å². The predicted octanol–water partition coefficient (Wildman–Crippen LogP) is 0.807. The number of nitro groups is 1. The molecule has 1 aromatic carbocycles. The Morgan fingerprint density at radius 3 is 2.79 bits per heavy atom. The molecule has 0 atom stereocenters. The lowest BCUT2D eigenvalue weighted by atomic mass is 10.3. The van der Waals surface area contributed by atoms with E-state index in [1.54, 1.807) is 7.05 Å². The molecular formula is C17H27N5O5S. The summed E-state index contributed by atoms with van der Waals surface area (Å²) in [6, 6.07) is 4.93. The molecule has 2 N–H and O–H groups in total. The van der Waals surface area contributed by atoms with E-state index in [-0.39, 0.29) is 17.1 Å². The topological polar surface area (TPSA) is 126 Å². The van der Waals surface area contributed by atoms with Gasteiger partial charge in [-0.15, -0.1) is 0 Å². The summed E-state index contributed by atoms with van der Waals surface area (Å²) in [5, 5.41) is 13.9. The monoisotopic (exact) mass is 413 g/mol. The Kier molecular flexibility index (Phi) is 8.15. The third-order valence-electron chi connectivity index (χ3n) is 4.23. The normalized spacial score (nSPS) is 14.7. The Morgan fingerprint density at radius 1 is 1.39 bits per heavy atom. The fourth-order valence-corrected chi connectivity index (χ4v) is 3.50. The van der Waals surface area contributed by atoms with E-state index in [9.17, 15) is 18.5 Å². The van der Waals surface area contributed by atoms with E-state index in [0.717, 1.165) is 18.6 Å². The van der Waals surface area contributed by atoms with Gasteiger partial charge in [-0.3, -0.25) is 15.1 Å². The molecule has 0 aliphatic heterocycles. The second-order valence-electron chi connectivity index (χ2n) is 6.57. The number of non-ortho nitro benzene ring substituents is 1. The van der Waals surface area contributed by atoms with E-state index in [0.29, 0.717) is 25.7 Å². The number of nitrogens with zero attached hydrogens (tertiary/aromatic N) is 3. The maximum absolute atomic E-state index is 12.3. The first-order valence-electron chi connectivity index (χ1n) is 9.07. The summed E-state index contributed by atoms with van der Waals surface area (Å²) < 4.78 is 32.6. The molecular weight excluding hydrogens is 386 g/mol. The van der Waals surface area contributed by atoms with Crippen LogP contribution in [0.2, 0.25) is 0 Å². The summed E-state index contributed by atoms with van der Waals surface area (Å²) in [7, 11) is -0.301. The molecule has 0 radical (unpaired) electrons. The van der Waals surface area contributed by atoms with E-state index in [1.165, 1.54) is 31.0 Å². The SMILES string of the molecule is CN=C(NCCNS(=O)(=O)c1cccc([N+](=O)[O-])c1)N(C)CCOCC1CC1. The fourth-order valence-electron chi connectivity index (χ4n) is 2.43. The van der Waals surface area contributed by atoms with Gasteiger partial charge < -0.3 is 15.0 Å². The van der Waals surface area contributed by atoms with Crippen molar-refractivity contribution in [2.45, 2.75) is 17.7 Å². The van der Waals surface area contributed by atoms with Crippen LogP contribution in [0.1, 0.15) is 12.8 Å². The zero-order valence-corrected chi connectivity index (χ0v) is 16.9. The number of ether oxygens (including phenoxy) is 1. The van der Waals surface area contributed by atoms with Gasteiger partial charge in [0.05, 0.1) is 16.4 Å². The Balaban J connectivity index is 1.74. The molecule has 1 aromatic rings. The molecule has 0 bridgehead atoms. The van der Waals surface area contributed by atoms with Gasteiger partial charge in [-0.25, -0.2) is 13.1 Å². The van der Waals surface area contributed by atoms with Gasteiger partial charge in [0.25, 0.3) is 5.69 Å². The summed E-state index contributed by atoms with van der Waals surface area (Å²) in [6.07, 6.45) is 2.51. The molecule has 0 saturated heterocycles. The standard InChI is InChI=1S/C17H27N5O5S/c1-18-17(21(2)10-11-27-13-14-6-7-14)19-8-9-20-28(25,26)16-5-3-4-15(12-16)22(23)24/h3-5,12,14,20H,6-11,13H2,1-2H3,(H,18,19). The lowest BCUT2D eigenvalue weighted by molar-refractivity contribution is -0.385. The van der Waals surface area contributed by atoms with Crippen LogP contribution in [0.5, 0.6) is 0 Å². The lowest BCUT2D eigenvalue weighted by Crippen LogP contribution is -2.43. The van der Waals surface area contributed by atoms with Crippen LogP contribution in [0.3, 0.4) is 0 Å². The van der Waals surface area contributed by atoms with Crippen molar-refractivity contribution >= 4 is 21.7 Å². The number of benzene rings is 1. The molecule has 1 saturated carbocycles. The molecule has 10 nitrogen and oxygen atoms in total. The number of likely N-dealkylation sites (N-methyl/N-ethyl adjacent to an activating group) is 1. The van der Waals surface area contributed by atoms with Crippen LogP contribution in [0.15, 0.2) is 34.2 Å². The van der Waals surface area contributed by atoms with Crippen molar-refractivity contribution in [3.8, 4) is 0 Å². The van der Waals surface area contributed by atoms with Gasteiger partial charge in [0.1, 0.15) is 0 Å². The van der Waals surface area contributed by atoms with Gasteiger partial charge in [0, 0.05) is 52.5 Å². The minimum Gasteiger partial charge on any atom is -0.379 e. The second-order valence-corrected chi connectivity index (χ2v) is 8.33. The summed E-state index contributed by atoms with van der Waals surface area (Å²) in [6.45, 7) is 2.50. The molecule has 1 aliphatic rings. The summed E-state index contributed by atoms with van der Waals surface area (Å²) >= 11 is 0. The molecule has 0 amide bonds. The third-order valence-corrected chi connectivity index (χ3v) is 5.69. The van der Waals surface area contributed by atoms with Crippen molar-refractivity contribution in [1.29, 1.82) is 0 Å². The quantitative estimate of drug-likeness (QED) is 0.181. The Labute approximate surface area is 165 Å². The number of nitrogens with one attached hydrogen (secondary N) is 2. The Bertz CT molecular complexity index is 795. The zero-order chi connectivity index (χ0) is 20.6. The molecule has 11 heteroatoms. The predicted molar refractivity (Wildman–Crippen MR) is 106 cm³/mol. The lowest BCUT2D eigenvalue weighted by Gasteiger charge is -2.22. The Hall–Kier alpha value is -2.24. The van der Waals surface area contributed by atoms with Crippen LogP contribution >= 0.6 is 0 Å². The van der Waals surface area contributed by atoms with Gasteiger partial charge in [0.15, 0.2) is 5.96 Å². The van der Waals surface area contributed by atoms with Crippen molar-refractivity contribution in [3.63, 3.8) is 0 Å². The van der Waals surface area contributed by atoms with Gasteiger partial charge >= 0.3 is 0 Å². The van der Waals surface area contributed by atoms with Crippen molar-refractivity contribution in [2.24, 2.45) is 10.9 Å². The number of aliphatic imine (C=N–C) groups is 1. The number of rotatable bonds is 11. The van der Waals surface area contributed by atoms with Crippen LogP contribution < -0.4 is 10.0 Å². The van der Waals surface area contributed by atoms with Crippen molar-refractivity contribution < 1.29 is 18.1 Å². The second kappa shape index (κ2) is 10.3. The molecule has 1 aliphatic carbocycles.